The Kier molecular flexibility index (Phi) is 7.02. The van der Waals surface area contributed by atoms with Gasteiger partial charge in [-0.3, -0.25) is 4.79 Å². The number of likely N-dealkylation sites (tertiary alicyclic amines) is 1. The van der Waals surface area contributed by atoms with Crippen molar-refractivity contribution in [1.82, 2.24) is 9.80 Å². The second-order valence-electron chi connectivity index (χ2n) is 7.42. The maximum absolute atomic E-state index is 12.1. The van der Waals surface area contributed by atoms with E-state index in [0.717, 1.165) is 32.5 Å². The highest BCUT2D eigenvalue weighted by Gasteiger charge is 2.26. The molecule has 0 aromatic heterocycles. The monoisotopic (exact) mass is 366 g/mol. The van der Waals surface area contributed by atoms with Crippen molar-refractivity contribution in [3.05, 3.63) is 71.8 Å². The lowest BCUT2D eigenvalue weighted by molar-refractivity contribution is -0.134. The minimum atomic E-state index is -0.0414. The lowest BCUT2D eigenvalue weighted by Gasteiger charge is -2.32. The Hall–Kier alpha value is -2.17. The zero-order valence-electron chi connectivity index (χ0n) is 16.4. The van der Waals surface area contributed by atoms with Crippen LogP contribution in [0.1, 0.15) is 30.1 Å². The molecule has 4 heteroatoms. The third-order valence-electron chi connectivity index (χ3n) is 5.27. The van der Waals surface area contributed by atoms with Gasteiger partial charge in [-0.2, -0.15) is 0 Å². The van der Waals surface area contributed by atoms with E-state index in [1.54, 1.807) is 4.90 Å². The largest absolute Gasteiger partial charge is 0.367 e. The van der Waals surface area contributed by atoms with Crippen LogP contribution in [0.5, 0.6) is 0 Å². The van der Waals surface area contributed by atoms with Crippen molar-refractivity contribution in [2.75, 3.05) is 40.3 Å². The first kappa shape index (κ1) is 19.6. The molecule has 27 heavy (non-hydrogen) atoms. The fourth-order valence-electron chi connectivity index (χ4n) is 3.71. The number of piperidine rings is 1. The van der Waals surface area contributed by atoms with Gasteiger partial charge in [-0.05, 0) is 37.1 Å². The quantitative estimate of drug-likeness (QED) is 0.751. The van der Waals surface area contributed by atoms with E-state index in [4.69, 9.17) is 4.74 Å². The second-order valence-corrected chi connectivity index (χ2v) is 7.42. The van der Waals surface area contributed by atoms with Crippen molar-refractivity contribution < 1.29 is 9.53 Å². The van der Waals surface area contributed by atoms with Crippen molar-refractivity contribution in [3.8, 4) is 0 Å². The smallest absolute Gasteiger partial charge is 0.225 e. The standard InChI is InChI=1S/C23H30N2O2/c1-24(2)23(26)21-13-15-25(16-14-21)17-18-27-22(19-9-5-3-6-10-19)20-11-7-4-8-12-20/h3-12,21-22H,13-18H2,1-2H3. The van der Waals surface area contributed by atoms with Gasteiger partial charge in [-0.25, -0.2) is 0 Å². The van der Waals surface area contributed by atoms with E-state index in [1.807, 2.05) is 26.2 Å². The number of ether oxygens (including phenoxy) is 1. The third kappa shape index (κ3) is 5.41. The van der Waals surface area contributed by atoms with Crippen molar-refractivity contribution in [2.45, 2.75) is 18.9 Å². The first-order valence-corrected chi connectivity index (χ1v) is 9.80. The average Bonchev–Trinajstić information content (AvgIpc) is 2.72. The fraction of sp³-hybridized carbons (Fsp3) is 0.435. The summed E-state index contributed by atoms with van der Waals surface area (Å²) >= 11 is 0. The van der Waals surface area contributed by atoms with Crippen LogP contribution in [0.15, 0.2) is 60.7 Å². The van der Waals surface area contributed by atoms with Gasteiger partial charge in [0.2, 0.25) is 5.91 Å². The summed E-state index contributed by atoms with van der Waals surface area (Å²) in [7, 11) is 3.69. The summed E-state index contributed by atoms with van der Waals surface area (Å²) in [5.41, 5.74) is 2.36. The van der Waals surface area contributed by atoms with Gasteiger partial charge in [-0.15, -0.1) is 0 Å². The van der Waals surface area contributed by atoms with Gasteiger partial charge in [0.1, 0.15) is 6.10 Å². The summed E-state index contributed by atoms with van der Waals surface area (Å²) in [5, 5.41) is 0. The predicted octanol–water partition coefficient (Wildman–Crippen LogP) is 3.59. The van der Waals surface area contributed by atoms with E-state index < -0.39 is 0 Å². The molecule has 1 amide bonds. The highest BCUT2D eigenvalue weighted by molar-refractivity contribution is 5.78. The first-order valence-electron chi connectivity index (χ1n) is 9.80. The van der Waals surface area contributed by atoms with Gasteiger partial charge in [0.25, 0.3) is 0 Å². The molecule has 2 aromatic carbocycles. The Bertz CT molecular complexity index is 655. The number of hydrogen-bond donors (Lipinski definition) is 0. The summed E-state index contributed by atoms with van der Waals surface area (Å²) < 4.78 is 6.31. The number of carbonyl (C=O) groups excluding carboxylic acids is 1. The minimum Gasteiger partial charge on any atom is -0.367 e. The Morgan fingerprint density at radius 1 is 1.00 bits per heavy atom. The topological polar surface area (TPSA) is 32.8 Å². The molecule has 0 unspecified atom stereocenters. The highest BCUT2D eigenvalue weighted by Crippen LogP contribution is 2.26. The number of carbonyl (C=O) groups is 1. The van der Waals surface area contributed by atoms with Crippen molar-refractivity contribution >= 4 is 5.91 Å². The third-order valence-corrected chi connectivity index (χ3v) is 5.27. The zero-order valence-corrected chi connectivity index (χ0v) is 16.4. The minimum absolute atomic E-state index is 0.0414. The lowest BCUT2D eigenvalue weighted by Crippen LogP contribution is -2.41. The summed E-state index contributed by atoms with van der Waals surface area (Å²) in [5.74, 6) is 0.442. The van der Waals surface area contributed by atoms with Gasteiger partial charge in [-0.1, -0.05) is 60.7 Å². The van der Waals surface area contributed by atoms with Crippen LogP contribution >= 0.6 is 0 Å². The van der Waals surface area contributed by atoms with Crippen molar-refractivity contribution in [2.24, 2.45) is 5.92 Å². The normalized spacial score (nSPS) is 15.8. The molecular formula is C23H30N2O2. The van der Waals surface area contributed by atoms with Gasteiger partial charge in [0, 0.05) is 26.6 Å². The molecule has 4 nitrogen and oxygen atoms in total. The summed E-state index contributed by atoms with van der Waals surface area (Å²) in [6.07, 6.45) is 1.84. The molecule has 0 saturated carbocycles. The molecule has 0 radical (unpaired) electrons. The highest BCUT2D eigenvalue weighted by atomic mass is 16.5. The molecule has 1 aliphatic rings. The maximum Gasteiger partial charge on any atom is 0.225 e. The SMILES string of the molecule is CN(C)C(=O)C1CCN(CCOC(c2ccccc2)c2ccccc2)CC1. The molecule has 0 atom stereocenters. The molecular weight excluding hydrogens is 336 g/mol. The van der Waals surface area contributed by atoms with Gasteiger partial charge in [0.05, 0.1) is 6.61 Å². The maximum atomic E-state index is 12.1. The molecule has 1 fully saturated rings. The zero-order chi connectivity index (χ0) is 19.1. The van der Waals surface area contributed by atoms with Crippen LogP contribution in [-0.4, -0.2) is 56.0 Å². The Labute approximate surface area is 162 Å². The van der Waals surface area contributed by atoms with E-state index in [-0.39, 0.29) is 17.9 Å². The van der Waals surface area contributed by atoms with E-state index >= 15 is 0 Å². The predicted molar refractivity (Wildman–Crippen MR) is 109 cm³/mol. The summed E-state index contributed by atoms with van der Waals surface area (Å²) in [6, 6.07) is 20.8. The van der Waals surface area contributed by atoms with Crippen LogP contribution < -0.4 is 0 Å². The van der Waals surface area contributed by atoms with Crippen LogP contribution in [0, 0.1) is 5.92 Å². The van der Waals surface area contributed by atoms with E-state index in [1.165, 1.54) is 11.1 Å². The molecule has 0 aliphatic carbocycles. The number of nitrogens with zero attached hydrogens (tertiary/aromatic N) is 2. The number of benzene rings is 2. The molecule has 1 aliphatic heterocycles. The Morgan fingerprint density at radius 3 is 2.00 bits per heavy atom. The number of hydrogen-bond acceptors (Lipinski definition) is 3. The second kappa shape index (κ2) is 9.67. The van der Waals surface area contributed by atoms with Crippen LogP contribution in [0.25, 0.3) is 0 Å². The van der Waals surface area contributed by atoms with Crippen molar-refractivity contribution in [1.29, 1.82) is 0 Å². The van der Waals surface area contributed by atoms with Crippen LogP contribution in [0.3, 0.4) is 0 Å². The molecule has 3 rings (SSSR count). The molecule has 0 bridgehead atoms. The molecule has 0 N–H and O–H groups in total. The molecule has 1 heterocycles. The van der Waals surface area contributed by atoms with Crippen LogP contribution in [-0.2, 0) is 9.53 Å². The molecule has 1 saturated heterocycles. The average molecular weight is 367 g/mol. The van der Waals surface area contributed by atoms with Crippen LogP contribution in [0.4, 0.5) is 0 Å². The van der Waals surface area contributed by atoms with E-state index in [0.29, 0.717) is 6.61 Å². The Morgan fingerprint density at radius 2 is 1.52 bits per heavy atom. The van der Waals surface area contributed by atoms with E-state index in [2.05, 4.69) is 53.4 Å². The fourth-order valence-corrected chi connectivity index (χ4v) is 3.71. The molecule has 2 aromatic rings. The summed E-state index contributed by atoms with van der Waals surface area (Å²) in [6.45, 7) is 3.52. The van der Waals surface area contributed by atoms with Gasteiger partial charge in [0.15, 0.2) is 0 Å². The summed E-state index contributed by atoms with van der Waals surface area (Å²) in [4.78, 5) is 16.2. The van der Waals surface area contributed by atoms with Gasteiger partial charge < -0.3 is 14.5 Å². The van der Waals surface area contributed by atoms with Crippen molar-refractivity contribution in [3.63, 3.8) is 0 Å². The number of rotatable bonds is 7. The molecule has 144 valence electrons. The number of amides is 1. The Balaban J connectivity index is 1.53. The van der Waals surface area contributed by atoms with Gasteiger partial charge >= 0.3 is 0 Å². The van der Waals surface area contributed by atoms with E-state index in [9.17, 15) is 4.79 Å². The molecule has 0 spiro atoms. The lowest BCUT2D eigenvalue weighted by atomic mass is 9.95. The van der Waals surface area contributed by atoms with Crippen LogP contribution in [0.2, 0.25) is 0 Å². The first-order chi connectivity index (χ1) is 13.1.